The van der Waals surface area contributed by atoms with Crippen LogP contribution < -0.4 is 0 Å². The molecule has 0 atom stereocenters. The van der Waals surface area contributed by atoms with E-state index in [1.165, 1.54) is 36.7 Å². The van der Waals surface area contributed by atoms with Gasteiger partial charge in [-0.05, 0) is 30.3 Å². The molecule has 0 saturated heterocycles. The predicted molar refractivity (Wildman–Crippen MR) is 79.1 cm³/mol. The van der Waals surface area contributed by atoms with Crippen molar-refractivity contribution in [3.63, 3.8) is 0 Å². The summed E-state index contributed by atoms with van der Waals surface area (Å²) in [4.78, 5) is 3.88. The topological polar surface area (TPSA) is 86.5 Å². The maximum atomic E-state index is 13.0. The molecule has 0 aliphatic carbocycles. The zero-order chi connectivity index (χ0) is 15.5. The van der Waals surface area contributed by atoms with E-state index in [0.29, 0.717) is 22.0 Å². The smallest absolute Gasteiger partial charge is 0.235 e. The van der Waals surface area contributed by atoms with Crippen LogP contribution in [0.15, 0.2) is 53.0 Å². The lowest BCUT2D eigenvalue weighted by Crippen LogP contribution is -1.79. The van der Waals surface area contributed by atoms with Crippen LogP contribution in [0.2, 0.25) is 5.02 Å². The van der Waals surface area contributed by atoms with Gasteiger partial charge in [0.25, 0.3) is 0 Å². The summed E-state index contributed by atoms with van der Waals surface area (Å²) in [6, 6.07) is 7.23. The molecular weight excluding hydrogens is 309 g/mol. The molecule has 0 aliphatic heterocycles. The predicted octanol–water partition coefficient (Wildman–Crippen LogP) is 4.39. The van der Waals surface area contributed by atoms with Gasteiger partial charge in [0.15, 0.2) is 5.69 Å². The number of rotatable bonds is 3. The number of aromatic nitrogens is 3. The molecule has 0 fully saturated rings. The quantitative estimate of drug-likeness (QED) is 0.702. The molecule has 3 aromatic rings. The fraction of sp³-hybridized carbons (Fsp3) is 0. The summed E-state index contributed by atoms with van der Waals surface area (Å²) in [5.41, 5.74) is 1.53. The van der Waals surface area contributed by atoms with E-state index < -0.39 is 0 Å². The van der Waals surface area contributed by atoms with Crippen LogP contribution in [0.5, 0.6) is 5.88 Å². The number of aromatic hydroxyl groups is 1. The molecule has 2 aromatic heterocycles. The van der Waals surface area contributed by atoms with Crippen LogP contribution in [0.3, 0.4) is 0 Å². The van der Waals surface area contributed by atoms with Crippen LogP contribution in [0.25, 0.3) is 11.3 Å². The van der Waals surface area contributed by atoms with E-state index >= 15 is 0 Å². The minimum absolute atomic E-state index is 0.145. The number of nitrogens with one attached hydrogen (secondary N) is 1. The molecule has 0 radical (unpaired) electrons. The molecule has 2 N–H and O–H groups in total. The highest BCUT2D eigenvalue weighted by Gasteiger charge is 2.14. The Morgan fingerprint density at radius 2 is 1.91 bits per heavy atom. The Balaban J connectivity index is 1.97. The Hall–Kier alpha value is -2.80. The van der Waals surface area contributed by atoms with E-state index in [0.717, 1.165) is 0 Å². The second-order valence-electron chi connectivity index (χ2n) is 4.34. The van der Waals surface area contributed by atoms with E-state index in [2.05, 4.69) is 25.4 Å². The van der Waals surface area contributed by atoms with Gasteiger partial charge >= 0.3 is 0 Å². The first-order valence-electron chi connectivity index (χ1n) is 6.19. The van der Waals surface area contributed by atoms with Crippen molar-refractivity contribution in [2.75, 3.05) is 0 Å². The Morgan fingerprint density at radius 3 is 2.64 bits per heavy atom. The maximum Gasteiger partial charge on any atom is 0.235 e. The second kappa shape index (κ2) is 5.90. The monoisotopic (exact) mass is 317 g/mol. The normalized spacial score (nSPS) is 11.2. The van der Waals surface area contributed by atoms with Crippen molar-refractivity contribution in [3.8, 4) is 17.1 Å². The summed E-state index contributed by atoms with van der Waals surface area (Å²) in [6.07, 6.45) is 2.95. The van der Waals surface area contributed by atoms with Crippen molar-refractivity contribution in [1.29, 1.82) is 0 Å². The first kappa shape index (κ1) is 14.2. The van der Waals surface area contributed by atoms with E-state index in [4.69, 9.17) is 11.6 Å². The summed E-state index contributed by atoms with van der Waals surface area (Å²) >= 11 is 5.81. The number of halogens is 2. The van der Waals surface area contributed by atoms with Crippen LogP contribution in [0.4, 0.5) is 15.8 Å². The molecule has 3 rings (SSSR count). The van der Waals surface area contributed by atoms with Crippen LogP contribution in [-0.2, 0) is 0 Å². The zero-order valence-corrected chi connectivity index (χ0v) is 11.8. The minimum atomic E-state index is -0.364. The molecule has 0 spiro atoms. The fourth-order valence-electron chi connectivity index (χ4n) is 1.79. The Morgan fingerprint density at radius 1 is 1.14 bits per heavy atom. The van der Waals surface area contributed by atoms with Gasteiger partial charge in [-0.2, -0.15) is 5.10 Å². The van der Waals surface area contributed by atoms with Gasteiger partial charge in [-0.3, -0.25) is 4.98 Å². The maximum absolute atomic E-state index is 13.0. The molecule has 1 aromatic carbocycles. The van der Waals surface area contributed by atoms with Gasteiger partial charge in [-0.1, -0.05) is 11.6 Å². The van der Waals surface area contributed by atoms with Gasteiger partial charge in [0.2, 0.25) is 5.88 Å². The number of hydrogen-bond donors (Lipinski definition) is 2. The molecule has 0 bridgehead atoms. The molecule has 0 amide bonds. The molecule has 0 aliphatic rings. The Labute approximate surface area is 129 Å². The number of pyridine rings is 1. The summed E-state index contributed by atoms with van der Waals surface area (Å²) in [5, 5.41) is 24.5. The van der Waals surface area contributed by atoms with E-state index in [9.17, 15) is 9.50 Å². The Bertz CT molecular complexity index is 832. The van der Waals surface area contributed by atoms with Crippen molar-refractivity contribution in [2.45, 2.75) is 0 Å². The van der Waals surface area contributed by atoms with Crippen LogP contribution in [-0.4, -0.2) is 20.3 Å². The highest BCUT2D eigenvalue weighted by molar-refractivity contribution is 6.30. The van der Waals surface area contributed by atoms with E-state index in [1.807, 2.05) is 0 Å². The summed E-state index contributed by atoms with van der Waals surface area (Å²) in [6.45, 7) is 0. The number of nitrogens with zero attached hydrogens (tertiary/aromatic N) is 4. The van der Waals surface area contributed by atoms with Gasteiger partial charge in [0, 0.05) is 11.8 Å². The number of hydrogen-bond acceptors (Lipinski definition) is 5. The zero-order valence-electron chi connectivity index (χ0n) is 11.0. The average molecular weight is 318 g/mol. The van der Waals surface area contributed by atoms with Crippen molar-refractivity contribution < 1.29 is 9.50 Å². The third-order valence-corrected chi connectivity index (χ3v) is 3.00. The molecule has 0 unspecified atom stereocenters. The SMILES string of the molecule is Oc1[nH]nc(-c2ccc(F)cc2)c1/N=N/c1cncc(Cl)c1. The van der Waals surface area contributed by atoms with E-state index in [1.54, 1.807) is 6.07 Å². The van der Waals surface area contributed by atoms with Crippen molar-refractivity contribution in [1.82, 2.24) is 15.2 Å². The van der Waals surface area contributed by atoms with Gasteiger partial charge in [0.05, 0.1) is 11.2 Å². The average Bonchev–Trinajstić information content (AvgIpc) is 2.87. The largest absolute Gasteiger partial charge is 0.492 e. The number of aromatic amines is 1. The number of benzene rings is 1. The summed E-state index contributed by atoms with van der Waals surface area (Å²) in [7, 11) is 0. The lowest BCUT2D eigenvalue weighted by atomic mass is 10.1. The van der Waals surface area contributed by atoms with Crippen LogP contribution in [0.1, 0.15) is 0 Å². The Kier molecular flexibility index (Phi) is 3.80. The van der Waals surface area contributed by atoms with Crippen molar-refractivity contribution in [3.05, 3.63) is 53.6 Å². The van der Waals surface area contributed by atoms with Gasteiger partial charge < -0.3 is 5.11 Å². The van der Waals surface area contributed by atoms with Gasteiger partial charge in [-0.15, -0.1) is 10.2 Å². The van der Waals surface area contributed by atoms with Crippen molar-refractivity contribution >= 4 is 23.0 Å². The molecule has 6 nitrogen and oxygen atoms in total. The third kappa shape index (κ3) is 2.94. The van der Waals surface area contributed by atoms with Gasteiger partial charge in [-0.25, -0.2) is 9.49 Å². The van der Waals surface area contributed by atoms with Crippen LogP contribution >= 0.6 is 11.6 Å². The minimum Gasteiger partial charge on any atom is -0.492 e. The van der Waals surface area contributed by atoms with Crippen molar-refractivity contribution in [2.24, 2.45) is 10.2 Å². The van der Waals surface area contributed by atoms with Gasteiger partial charge in [0.1, 0.15) is 17.2 Å². The number of azo groups is 1. The third-order valence-electron chi connectivity index (χ3n) is 2.80. The molecule has 110 valence electrons. The highest BCUT2D eigenvalue weighted by atomic mass is 35.5. The van der Waals surface area contributed by atoms with E-state index in [-0.39, 0.29) is 17.4 Å². The van der Waals surface area contributed by atoms with Crippen LogP contribution in [0, 0.1) is 5.82 Å². The standard InChI is InChI=1S/C14H9ClFN5O/c15-9-5-11(7-17-6-9)18-20-13-12(19-21-14(13)22)8-1-3-10(16)4-2-8/h1-7H,(H2,19,21,22)/b20-18+. The molecule has 22 heavy (non-hydrogen) atoms. The summed E-state index contributed by atoms with van der Waals surface area (Å²) < 4.78 is 13.0. The first-order chi connectivity index (χ1) is 10.6. The lowest BCUT2D eigenvalue weighted by Gasteiger charge is -1.98. The fourth-order valence-corrected chi connectivity index (χ4v) is 1.96. The summed E-state index contributed by atoms with van der Waals surface area (Å²) in [5.74, 6) is -0.602. The number of H-pyrrole nitrogens is 1. The molecule has 2 heterocycles. The highest BCUT2D eigenvalue weighted by Crippen LogP contribution is 2.36. The molecular formula is C14H9ClFN5O. The first-order valence-corrected chi connectivity index (χ1v) is 6.57. The lowest BCUT2D eigenvalue weighted by molar-refractivity contribution is 0.453. The molecule has 0 saturated carbocycles. The second-order valence-corrected chi connectivity index (χ2v) is 4.77. The molecule has 8 heteroatoms.